The van der Waals surface area contributed by atoms with Crippen molar-refractivity contribution in [2.75, 3.05) is 5.32 Å². The monoisotopic (exact) mass is 386 g/mol. The Morgan fingerprint density at radius 3 is 2.14 bits per heavy atom. The maximum atomic E-state index is 12.8. The highest BCUT2D eigenvalue weighted by molar-refractivity contribution is 6.04. The van der Waals surface area contributed by atoms with Gasteiger partial charge in [0.25, 0.3) is 5.91 Å². The minimum absolute atomic E-state index is 0.135. The van der Waals surface area contributed by atoms with Gasteiger partial charge in [-0.25, -0.2) is 0 Å². The summed E-state index contributed by atoms with van der Waals surface area (Å²) in [5.41, 5.74) is 4.17. The second kappa shape index (κ2) is 9.69. The number of carbonyl (C=O) groups excluding carboxylic acids is 2. The molecule has 0 aliphatic rings. The van der Waals surface area contributed by atoms with E-state index in [1.165, 1.54) is 5.56 Å². The van der Waals surface area contributed by atoms with Crippen LogP contribution in [0.25, 0.3) is 0 Å². The fourth-order valence-corrected chi connectivity index (χ4v) is 3.16. The zero-order chi connectivity index (χ0) is 20.6. The predicted molar refractivity (Wildman–Crippen MR) is 117 cm³/mol. The average Bonchev–Trinajstić information content (AvgIpc) is 2.75. The van der Waals surface area contributed by atoms with Crippen molar-refractivity contribution in [2.45, 2.75) is 32.7 Å². The molecule has 0 fully saturated rings. The number of para-hydroxylation sites is 1. The molecule has 0 aliphatic carbocycles. The van der Waals surface area contributed by atoms with Gasteiger partial charge < -0.3 is 10.6 Å². The van der Waals surface area contributed by atoms with Crippen LogP contribution in [0.3, 0.4) is 0 Å². The van der Waals surface area contributed by atoms with Gasteiger partial charge in [-0.1, -0.05) is 73.7 Å². The highest BCUT2D eigenvalue weighted by atomic mass is 16.2. The van der Waals surface area contributed by atoms with Crippen LogP contribution in [0.15, 0.2) is 78.9 Å². The molecule has 148 valence electrons. The van der Waals surface area contributed by atoms with Gasteiger partial charge in [-0.05, 0) is 42.2 Å². The minimum atomic E-state index is -0.218. The number of carbonyl (C=O) groups is 2. The van der Waals surface area contributed by atoms with Crippen molar-refractivity contribution in [1.82, 2.24) is 5.32 Å². The van der Waals surface area contributed by atoms with E-state index in [0.29, 0.717) is 11.3 Å². The first-order valence-electron chi connectivity index (χ1n) is 9.89. The van der Waals surface area contributed by atoms with E-state index in [4.69, 9.17) is 0 Å². The molecule has 0 bridgehead atoms. The number of anilines is 1. The smallest absolute Gasteiger partial charge is 0.253 e. The Morgan fingerprint density at radius 1 is 0.828 bits per heavy atom. The average molecular weight is 386 g/mol. The molecular formula is C25H26N2O2. The van der Waals surface area contributed by atoms with E-state index in [1.54, 1.807) is 18.2 Å². The third kappa shape index (κ3) is 5.55. The summed E-state index contributed by atoms with van der Waals surface area (Å²) in [5, 5.41) is 5.88. The summed E-state index contributed by atoms with van der Waals surface area (Å²) in [5.74, 6) is -0.366. The molecular weight excluding hydrogens is 360 g/mol. The number of amides is 2. The molecule has 3 aromatic rings. The fourth-order valence-electron chi connectivity index (χ4n) is 3.16. The molecule has 0 unspecified atom stereocenters. The first kappa shape index (κ1) is 20.3. The summed E-state index contributed by atoms with van der Waals surface area (Å²) in [6.45, 7) is 4.04. The van der Waals surface area contributed by atoms with Crippen molar-refractivity contribution in [3.63, 3.8) is 0 Å². The maximum Gasteiger partial charge on any atom is 0.253 e. The number of nitrogens with one attached hydrogen (secondary N) is 2. The van der Waals surface area contributed by atoms with Crippen molar-refractivity contribution in [1.29, 1.82) is 0 Å². The van der Waals surface area contributed by atoms with Crippen molar-refractivity contribution in [3.05, 3.63) is 101 Å². The van der Waals surface area contributed by atoms with Crippen LogP contribution in [-0.2, 0) is 17.6 Å². The number of aryl methyl sites for hydroxylation is 1. The SMILES string of the molecule is CCc1ccc(CC(=O)Nc2ccccc2C(=O)N[C@H](C)c2ccccc2)cc1. The highest BCUT2D eigenvalue weighted by Crippen LogP contribution is 2.18. The van der Waals surface area contributed by atoms with E-state index in [1.807, 2.05) is 67.6 Å². The van der Waals surface area contributed by atoms with E-state index >= 15 is 0 Å². The standard InChI is InChI=1S/C25H26N2O2/c1-3-19-13-15-20(16-14-19)17-24(28)27-23-12-8-7-11-22(23)25(29)26-18(2)21-9-5-4-6-10-21/h4-16,18H,3,17H2,1-2H3,(H,26,29)(H,27,28)/t18-/m1/s1. The Balaban J connectivity index is 1.67. The second-order valence-corrected chi connectivity index (χ2v) is 7.05. The molecule has 0 spiro atoms. The van der Waals surface area contributed by atoms with Crippen molar-refractivity contribution in [2.24, 2.45) is 0 Å². The first-order valence-corrected chi connectivity index (χ1v) is 9.89. The largest absolute Gasteiger partial charge is 0.345 e. The van der Waals surface area contributed by atoms with Crippen LogP contribution in [0.1, 0.15) is 46.9 Å². The lowest BCUT2D eigenvalue weighted by molar-refractivity contribution is -0.115. The third-order valence-electron chi connectivity index (χ3n) is 4.89. The topological polar surface area (TPSA) is 58.2 Å². The van der Waals surface area contributed by atoms with Gasteiger partial charge in [0.2, 0.25) is 5.91 Å². The van der Waals surface area contributed by atoms with Crippen LogP contribution in [0.4, 0.5) is 5.69 Å². The van der Waals surface area contributed by atoms with E-state index in [9.17, 15) is 9.59 Å². The summed E-state index contributed by atoms with van der Waals surface area (Å²) in [4.78, 5) is 25.3. The van der Waals surface area contributed by atoms with Crippen LogP contribution < -0.4 is 10.6 Å². The van der Waals surface area contributed by atoms with E-state index in [-0.39, 0.29) is 24.3 Å². The molecule has 0 radical (unpaired) electrons. The molecule has 1 atom stereocenters. The summed E-state index contributed by atoms with van der Waals surface area (Å²) >= 11 is 0. The highest BCUT2D eigenvalue weighted by Gasteiger charge is 2.16. The van der Waals surface area contributed by atoms with Crippen LogP contribution in [0.2, 0.25) is 0 Å². The normalized spacial score (nSPS) is 11.5. The van der Waals surface area contributed by atoms with E-state index < -0.39 is 0 Å². The van der Waals surface area contributed by atoms with Gasteiger partial charge >= 0.3 is 0 Å². The van der Waals surface area contributed by atoms with Gasteiger partial charge in [-0.2, -0.15) is 0 Å². The molecule has 3 rings (SSSR count). The Hall–Kier alpha value is -3.40. The van der Waals surface area contributed by atoms with Crippen LogP contribution >= 0.6 is 0 Å². The Kier molecular flexibility index (Phi) is 6.80. The van der Waals surface area contributed by atoms with Crippen molar-refractivity contribution >= 4 is 17.5 Å². The third-order valence-corrected chi connectivity index (χ3v) is 4.89. The molecule has 4 heteroatoms. The molecule has 0 heterocycles. The molecule has 0 aromatic heterocycles. The minimum Gasteiger partial charge on any atom is -0.345 e. The number of rotatable bonds is 7. The molecule has 4 nitrogen and oxygen atoms in total. The van der Waals surface area contributed by atoms with Gasteiger partial charge in [0.15, 0.2) is 0 Å². The van der Waals surface area contributed by atoms with Crippen LogP contribution in [-0.4, -0.2) is 11.8 Å². The Labute approximate surface area is 172 Å². The summed E-state index contributed by atoms with van der Waals surface area (Å²) < 4.78 is 0. The number of hydrogen-bond donors (Lipinski definition) is 2. The lowest BCUT2D eigenvalue weighted by atomic mass is 10.1. The van der Waals surface area contributed by atoms with Crippen LogP contribution in [0.5, 0.6) is 0 Å². The molecule has 29 heavy (non-hydrogen) atoms. The molecule has 2 amide bonds. The zero-order valence-corrected chi connectivity index (χ0v) is 16.8. The van der Waals surface area contributed by atoms with Gasteiger partial charge in [-0.3, -0.25) is 9.59 Å². The van der Waals surface area contributed by atoms with E-state index in [0.717, 1.165) is 17.5 Å². The quantitative estimate of drug-likeness (QED) is 0.605. The molecule has 2 N–H and O–H groups in total. The predicted octanol–water partition coefficient (Wildman–Crippen LogP) is 4.92. The number of benzene rings is 3. The summed E-state index contributed by atoms with van der Waals surface area (Å²) in [6, 6.07) is 24.7. The van der Waals surface area contributed by atoms with Gasteiger partial charge in [0.1, 0.15) is 0 Å². The number of hydrogen-bond acceptors (Lipinski definition) is 2. The van der Waals surface area contributed by atoms with Gasteiger partial charge in [0, 0.05) is 0 Å². The van der Waals surface area contributed by atoms with Crippen LogP contribution in [0, 0.1) is 0 Å². The Morgan fingerprint density at radius 2 is 1.45 bits per heavy atom. The Bertz CT molecular complexity index is 966. The van der Waals surface area contributed by atoms with Gasteiger partial charge in [-0.15, -0.1) is 0 Å². The lowest BCUT2D eigenvalue weighted by Gasteiger charge is -2.16. The van der Waals surface area contributed by atoms with Gasteiger partial charge in [0.05, 0.1) is 23.7 Å². The maximum absolute atomic E-state index is 12.8. The molecule has 0 aliphatic heterocycles. The lowest BCUT2D eigenvalue weighted by Crippen LogP contribution is -2.28. The summed E-state index contributed by atoms with van der Waals surface area (Å²) in [7, 11) is 0. The molecule has 0 saturated heterocycles. The fraction of sp³-hybridized carbons (Fsp3) is 0.200. The molecule has 0 saturated carbocycles. The summed E-state index contributed by atoms with van der Waals surface area (Å²) in [6.07, 6.45) is 1.23. The first-order chi connectivity index (χ1) is 14.1. The second-order valence-electron chi connectivity index (χ2n) is 7.05. The van der Waals surface area contributed by atoms with Crippen molar-refractivity contribution < 1.29 is 9.59 Å². The van der Waals surface area contributed by atoms with Crippen molar-refractivity contribution in [3.8, 4) is 0 Å². The zero-order valence-electron chi connectivity index (χ0n) is 16.8. The molecule has 3 aromatic carbocycles. The van der Waals surface area contributed by atoms with E-state index in [2.05, 4.69) is 17.6 Å².